The van der Waals surface area contributed by atoms with E-state index in [0.717, 1.165) is 23.5 Å². The van der Waals surface area contributed by atoms with Crippen LogP contribution in [0, 0.1) is 5.41 Å². The Balaban J connectivity index is 2.04. The van der Waals surface area contributed by atoms with Crippen molar-refractivity contribution in [2.75, 3.05) is 5.32 Å². The van der Waals surface area contributed by atoms with Crippen molar-refractivity contribution < 1.29 is 34.8 Å². The van der Waals surface area contributed by atoms with E-state index in [-0.39, 0.29) is 16.1 Å². The number of benzene rings is 2. The summed E-state index contributed by atoms with van der Waals surface area (Å²) in [6.45, 7) is 0. The average molecular weight is 505 g/mol. The molecule has 0 aliphatic carbocycles. The number of allylic oxidation sites excluding steroid dienone is 1. The third kappa shape index (κ3) is 5.99. The smallest absolute Gasteiger partial charge is 0.331 e. The summed E-state index contributed by atoms with van der Waals surface area (Å²) >= 11 is 0.884. The van der Waals surface area contributed by atoms with E-state index in [4.69, 9.17) is 5.41 Å². The van der Waals surface area contributed by atoms with E-state index >= 15 is 0 Å². The molecule has 0 atom stereocenters. The van der Waals surface area contributed by atoms with Gasteiger partial charge in [0, 0.05) is 11.8 Å². The summed E-state index contributed by atoms with van der Waals surface area (Å²) in [7, 11) is -2.85. The summed E-state index contributed by atoms with van der Waals surface area (Å²) < 4.78 is 102. The number of hydrogen-bond donors (Lipinski definition) is 3. The Morgan fingerprint density at radius 1 is 1.03 bits per heavy atom. The van der Waals surface area contributed by atoms with Crippen LogP contribution < -0.4 is 5.32 Å². The number of alkyl halides is 6. The number of anilines is 1. The van der Waals surface area contributed by atoms with Gasteiger partial charge in [-0.1, -0.05) is 41.7 Å². The van der Waals surface area contributed by atoms with Crippen molar-refractivity contribution in [3.63, 3.8) is 0 Å². The molecule has 0 saturated heterocycles. The van der Waals surface area contributed by atoms with E-state index in [1.54, 1.807) is 6.07 Å². The van der Waals surface area contributed by atoms with Crippen LogP contribution >= 0.6 is 11.3 Å². The van der Waals surface area contributed by atoms with Crippen LogP contribution in [0.5, 0.6) is 0 Å². The summed E-state index contributed by atoms with van der Waals surface area (Å²) in [6.07, 6.45) is -8.38. The first-order chi connectivity index (χ1) is 15.4. The molecule has 2 aromatic carbocycles. The SMILES string of the molecule is N=C(/C=C(\Nc1ncc(-c2cccc([SH](=O)=O)c2)s1)c1ccccc1C(F)(F)F)C(F)(F)F. The van der Waals surface area contributed by atoms with Gasteiger partial charge < -0.3 is 5.32 Å². The molecule has 3 aromatic rings. The van der Waals surface area contributed by atoms with Gasteiger partial charge in [0.1, 0.15) is 5.71 Å². The highest BCUT2D eigenvalue weighted by Crippen LogP contribution is 2.37. The van der Waals surface area contributed by atoms with Gasteiger partial charge >= 0.3 is 12.4 Å². The summed E-state index contributed by atoms with van der Waals surface area (Å²) in [4.78, 5) is 4.43. The van der Waals surface area contributed by atoms with Crippen molar-refractivity contribution in [1.29, 1.82) is 5.41 Å². The molecule has 5 nitrogen and oxygen atoms in total. The maximum absolute atomic E-state index is 13.5. The number of thiol groups is 1. The molecule has 13 heteroatoms. The van der Waals surface area contributed by atoms with Gasteiger partial charge in [-0.3, -0.25) is 5.41 Å². The van der Waals surface area contributed by atoms with Crippen LogP contribution in [0.1, 0.15) is 11.1 Å². The first-order valence-electron chi connectivity index (χ1n) is 8.88. The third-order valence-corrected chi connectivity index (χ3v) is 5.87. The number of nitrogens with one attached hydrogen (secondary N) is 2. The van der Waals surface area contributed by atoms with Crippen LogP contribution in [0.15, 0.2) is 65.7 Å². The number of halogens is 6. The molecule has 0 aliphatic heterocycles. The molecule has 0 radical (unpaired) electrons. The van der Waals surface area contributed by atoms with Crippen molar-refractivity contribution in [2.24, 2.45) is 0 Å². The van der Waals surface area contributed by atoms with Gasteiger partial charge in [0.2, 0.25) is 0 Å². The molecule has 0 bridgehead atoms. The zero-order chi connectivity index (χ0) is 24.4. The van der Waals surface area contributed by atoms with Gasteiger partial charge in [-0.25, -0.2) is 13.4 Å². The molecule has 0 unspecified atom stereocenters. The zero-order valence-electron chi connectivity index (χ0n) is 16.2. The molecule has 1 heterocycles. The van der Waals surface area contributed by atoms with Crippen LogP contribution in [-0.4, -0.2) is 25.3 Å². The van der Waals surface area contributed by atoms with Crippen LogP contribution in [0.3, 0.4) is 0 Å². The second kappa shape index (κ2) is 9.35. The van der Waals surface area contributed by atoms with Crippen molar-refractivity contribution in [1.82, 2.24) is 4.98 Å². The maximum Gasteiger partial charge on any atom is 0.432 e. The second-order valence-electron chi connectivity index (χ2n) is 6.47. The number of thiazole rings is 1. The first kappa shape index (κ1) is 24.5. The highest BCUT2D eigenvalue weighted by Gasteiger charge is 2.36. The standard InChI is InChI=1S/C20H13F6N3O2S2/c21-19(22,23)14-7-2-1-6-13(14)15(9-17(27)20(24,25)26)29-18-28-10-16(32-18)11-4-3-5-12(8-11)33(30)31/h1-10,27,33H,(H,28,29)/b15-9-,27-17?. The molecule has 1 aromatic heterocycles. The summed E-state index contributed by atoms with van der Waals surface area (Å²) in [5.41, 5.74) is -3.82. The second-order valence-corrected chi connectivity index (χ2v) is 8.54. The van der Waals surface area contributed by atoms with E-state index < -0.39 is 45.6 Å². The molecule has 33 heavy (non-hydrogen) atoms. The predicted octanol–water partition coefficient (Wildman–Crippen LogP) is 5.83. The summed E-state index contributed by atoms with van der Waals surface area (Å²) in [5.74, 6) is 0. The van der Waals surface area contributed by atoms with E-state index in [9.17, 15) is 34.8 Å². The number of rotatable bonds is 6. The number of hydrogen-bond acceptors (Lipinski definition) is 6. The van der Waals surface area contributed by atoms with Gasteiger partial charge in [0.05, 0.1) is 21.0 Å². The van der Waals surface area contributed by atoms with E-state index in [1.165, 1.54) is 30.5 Å². The third-order valence-electron chi connectivity index (χ3n) is 4.21. The van der Waals surface area contributed by atoms with Crippen LogP contribution in [0.25, 0.3) is 16.1 Å². The molecular formula is C20H13F6N3O2S2. The Bertz CT molecular complexity index is 1290. The molecular weight excluding hydrogens is 492 g/mol. The lowest BCUT2D eigenvalue weighted by atomic mass is 10.0. The summed E-state index contributed by atoms with van der Waals surface area (Å²) in [6, 6.07) is 9.80. The van der Waals surface area contributed by atoms with Crippen molar-refractivity contribution in [3.05, 3.63) is 71.9 Å². The Morgan fingerprint density at radius 3 is 2.36 bits per heavy atom. The predicted molar refractivity (Wildman–Crippen MR) is 113 cm³/mol. The fourth-order valence-electron chi connectivity index (χ4n) is 2.73. The average Bonchev–Trinajstić information content (AvgIpc) is 3.20. The highest BCUT2D eigenvalue weighted by molar-refractivity contribution is 7.72. The fraction of sp³-hybridized carbons (Fsp3) is 0.100. The van der Waals surface area contributed by atoms with E-state index in [1.807, 2.05) is 0 Å². The minimum Gasteiger partial charge on any atom is -0.331 e. The van der Waals surface area contributed by atoms with E-state index in [2.05, 4.69) is 10.3 Å². The minimum atomic E-state index is -5.08. The van der Waals surface area contributed by atoms with Gasteiger partial charge in [-0.05, 0) is 29.8 Å². The molecule has 0 amide bonds. The Labute approximate surface area is 188 Å². The summed E-state index contributed by atoms with van der Waals surface area (Å²) in [5, 5.41) is 9.61. The van der Waals surface area contributed by atoms with Gasteiger partial charge in [-0.2, -0.15) is 26.3 Å². The van der Waals surface area contributed by atoms with Crippen LogP contribution in [0.2, 0.25) is 0 Å². The highest BCUT2D eigenvalue weighted by atomic mass is 32.2. The van der Waals surface area contributed by atoms with Gasteiger partial charge in [-0.15, -0.1) is 0 Å². The minimum absolute atomic E-state index is 0.0312. The van der Waals surface area contributed by atoms with Crippen molar-refractivity contribution >= 4 is 38.6 Å². The Morgan fingerprint density at radius 2 is 1.73 bits per heavy atom. The Hall–Kier alpha value is -3.19. The largest absolute Gasteiger partial charge is 0.432 e. The van der Waals surface area contributed by atoms with Gasteiger partial charge in [0.25, 0.3) is 0 Å². The maximum atomic E-state index is 13.5. The molecule has 2 N–H and O–H groups in total. The topological polar surface area (TPSA) is 82.9 Å². The molecule has 0 aliphatic rings. The number of aromatic nitrogens is 1. The molecule has 3 rings (SSSR count). The first-order valence-corrected chi connectivity index (χ1v) is 10.9. The molecule has 174 valence electrons. The van der Waals surface area contributed by atoms with Crippen LogP contribution in [0.4, 0.5) is 31.5 Å². The van der Waals surface area contributed by atoms with Crippen LogP contribution in [-0.2, 0) is 16.9 Å². The lowest BCUT2D eigenvalue weighted by Gasteiger charge is -2.16. The normalized spacial score (nSPS) is 12.8. The molecule has 0 fully saturated rings. The zero-order valence-corrected chi connectivity index (χ0v) is 17.9. The van der Waals surface area contributed by atoms with Gasteiger partial charge in [0.15, 0.2) is 15.8 Å². The Kier molecular flexibility index (Phi) is 6.93. The van der Waals surface area contributed by atoms with E-state index in [0.29, 0.717) is 16.5 Å². The molecule has 0 spiro atoms. The van der Waals surface area contributed by atoms with Crippen molar-refractivity contribution in [2.45, 2.75) is 17.2 Å². The van der Waals surface area contributed by atoms with Crippen molar-refractivity contribution in [3.8, 4) is 10.4 Å². The quantitative estimate of drug-likeness (QED) is 0.224. The lowest BCUT2D eigenvalue weighted by Crippen LogP contribution is -2.21. The molecule has 0 saturated carbocycles. The monoisotopic (exact) mass is 505 g/mol. The fourth-order valence-corrected chi connectivity index (χ4v) is 4.00. The number of nitrogens with zero attached hydrogens (tertiary/aromatic N) is 1. The lowest BCUT2D eigenvalue weighted by molar-refractivity contribution is -0.137.